The van der Waals surface area contributed by atoms with E-state index in [0.29, 0.717) is 18.3 Å². The van der Waals surface area contributed by atoms with Crippen LogP contribution in [0.2, 0.25) is 0 Å². The zero-order chi connectivity index (χ0) is 19.1. The first-order valence-corrected chi connectivity index (χ1v) is 9.95. The van der Waals surface area contributed by atoms with Crippen molar-refractivity contribution in [2.45, 2.75) is 51.1 Å². The number of carbonyl (C=O) groups is 1. The highest BCUT2D eigenvalue weighted by Gasteiger charge is 2.31. The minimum absolute atomic E-state index is 0.236. The van der Waals surface area contributed by atoms with Crippen molar-refractivity contribution in [1.82, 2.24) is 20.5 Å². The van der Waals surface area contributed by atoms with Crippen LogP contribution in [0.4, 0.5) is 0 Å². The summed E-state index contributed by atoms with van der Waals surface area (Å²) in [6, 6.07) is 4.10. The van der Waals surface area contributed by atoms with Crippen molar-refractivity contribution >= 4 is 11.9 Å². The first kappa shape index (κ1) is 19.5. The normalized spacial score (nSPS) is 21.2. The predicted molar refractivity (Wildman–Crippen MR) is 106 cm³/mol. The van der Waals surface area contributed by atoms with Gasteiger partial charge in [0.1, 0.15) is 0 Å². The van der Waals surface area contributed by atoms with Gasteiger partial charge in [0.05, 0.1) is 7.11 Å². The van der Waals surface area contributed by atoms with Gasteiger partial charge in [-0.05, 0) is 25.3 Å². The van der Waals surface area contributed by atoms with Crippen LogP contribution in [0.1, 0.15) is 44.1 Å². The maximum Gasteiger partial charge on any atom is 0.225 e. The lowest BCUT2D eigenvalue weighted by Gasteiger charge is -2.26. The summed E-state index contributed by atoms with van der Waals surface area (Å²) < 4.78 is 5.29. The second-order valence-corrected chi connectivity index (χ2v) is 7.35. The number of rotatable bonds is 5. The van der Waals surface area contributed by atoms with Crippen LogP contribution in [0.5, 0.6) is 5.88 Å². The average Bonchev–Trinajstić information content (AvgIpc) is 3.19. The molecular weight excluding hydrogens is 342 g/mol. The summed E-state index contributed by atoms with van der Waals surface area (Å²) in [5, 5.41) is 6.76. The number of nitrogens with zero attached hydrogens (tertiary/aromatic N) is 3. The fraction of sp³-hybridized carbons (Fsp3) is 0.650. The summed E-state index contributed by atoms with van der Waals surface area (Å²) in [6.07, 6.45) is 8.45. The van der Waals surface area contributed by atoms with Crippen molar-refractivity contribution < 1.29 is 9.53 Å². The molecule has 2 heterocycles. The average molecular weight is 374 g/mol. The quantitative estimate of drug-likeness (QED) is 0.609. The van der Waals surface area contributed by atoms with Gasteiger partial charge in [-0.25, -0.2) is 4.98 Å². The summed E-state index contributed by atoms with van der Waals surface area (Å²) in [5.74, 6) is 1.94. The topological polar surface area (TPSA) is 78.9 Å². The number of likely N-dealkylation sites (tertiary alicyclic amines) is 1. The Labute approximate surface area is 161 Å². The molecule has 3 rings (SSSR count). The fourth-order valence-corrected chi connectivity index (χ4v) is 4.00. The molecule has 1 saturated carbocycles. The third-order valence-electron chi connectivity index (χ3n) is 5.51. The molecule has 1 aromatic heterocycles. The van der Waals surface area contributed by atoms with Crippen molar-refractivity contribution in [2.75, 3.05) is 27.2 Å². The Hall–Kier alpha value is -2.31. The lowest BCUT2D eigenvalue weighted by molar-refractivity contribution is -0.135. The van der Waals surface area contributed by atoms with Crippen molar-refractivity contribution in [3.8, 4) is 5.88 Å². The van der Waals surface area contributed by atoms with Gasteiger partial charge in [-0.3, -0.25) is 9.79 Å². The molecule has 2 N–H and O–H groups in total. The van der Waals surface area contributed by atoms with Crippen LogP contribution in [0, 0.1) is 5.92 Å². The highest BCUT2D eigenvalue weighted by Crippen LogP contribution is 2.26. The molecule has 1 saturated heterocycles. The predicted octanol–water partition coefficient (Wildman–Crippen LogP) is 1.94. The molecule has 0 radical (unpaired) electrons. The smallest absolute Gasteiger partial charge is 0.225 e. The molecule has 7 nitrogen and oxygen atoms in total. The Morgan fingerprint density at radius 2 is 2.15 bits per heavy atom. The Kier molecular flexibility index (Phi) is 6.90. The van der Waals surface area contributed by atoms with E-state index in [-0.39, 0.29) is 12.0 Å². The third kappa shape index (κ3) is 5.11. The second kappa shape index (κ2) is 9.58. The molecule has 1 atom stereocenters. The Morgan fingerprint density at radius 3 is 2.89 bits per heavy atom. The summed E-state index contributed by atoms with van der Waals surface area (Å²) in [7, 11) is 3.38. The van der Waals surface area contributed by atoms with Gasteiger partial charge in [0.25, 0.3) is 0 Å². The minimum Gasteiger partial charge on any atom is -0.481 e. The van der Waals surface area contributed by atoms with Gasteiger partial charge in [-0.2, -0.15) is 0 Å². The third-order valence-corrected chi connectivity index (χ3v) is 5.51. The summed E-state index contributed by atoms with van der Waals surface area (Å²) in [5.41, 5.74) is 0.975. The fourth-order valence-electron chi connectivity index (χ4n) is 4.00. The molecular formula is C20H31N5O2. The maximum atomic E-state index is 12.7. The van der Waals surface area contributed by atoms with E-state index < -0.39 is 0 Å². The number of ether oxygens (including phenoxy) is 1. The number of hydrogen-bond acceptors (Lipinski definition) is 4. The summed E-state index contributed by atoms with van der Waals surface area (Å²) in [4.78, 5) is 23.3. The Morgan fingerprint density at radius 1 is 1.33 bits per heavy atom. The molecule has 1 aliphatic carbocycles. The van der Waals surface area contributed by atoms with Gasteiger partial charge in [0, 0.05) is 50.4 Å². The van der Waals surface area contributed by atoms with E-state index in [1.54, 1.807) is 20.4 Å². The van der Waals surface area contributed by atoms with E-state index in [1.165, 1.54) is 19.3 Å². The molecule has 1 unspecified atom stereocenters. The summed E-state index contributed by atoms with van der Waals surface area (Å²) in [6.45, 7) is 2.17. The van der Waals surface area contributed by atoms with Crippen LogP contribution in [0.25, 0.3) is 0 Å². The van der Waals surface area contributed by atoms with Crippen LogP contribution in [0.3, 0.4) is 0 Å². The van der Waals surface area contributed by atoms with E-state index in [2.05, 4.69) is 20.6 Å². The van der Waals surface area contributed by atoms with E-state index in [1.807, 2.05) is 17.0 Å². The SMILES string of the molecule is CN=C(NCc1cccnc1OC)NC1CCN(C(=O)C2CCCCC2)C1. The molecule has 1 aliphatic heterocycles. The molecule has 27 heavy (non-hydrogen) atoms. The van der Waals surface area contributed by atoms with Crippen molar-refractivity contribution in [3.63, 3.8) is 0 Å². The molecule has 0 spiro atoms. The van der Waals surface area contributed by atoms with Crippen molar-refractivity contribution in [3.05, 3.63) is 23.9 Å². The lowest BCUT2D eigenvalue weighted by atomic mass is 9.88. The molecule has 1 aromatic rings. The van der Waals surface area contributed by atoms with Gasteiger partial charge in [0.2, 0.25) is 11.8 Å². The number of pyridine rings is 1. The number of hydrogen-bond donors (Lipinski definition) is 2. The highest BCUT2D eigenvalue weighted by atomic mass is 16.5. The van der Waals surface area contributed by atoms with Crippen molar-refractivity contribution in [2.24, 2.45) is 10.9 Å². The molecule has 0 bridgehead atoms. The Bertz CT molecular complexity index is 658. The van der Waals surface area contributed by atoms with Crippen molar-refractivity contribution in [1.29, 1.82) is 0 Å². The van der Waals surface area contributed by atoms with Gasteiger partial charge >= 0.3 is 0 Å². The number of carbonyl (C=O) groups excluding carboxylic acids is 1. The largest absolute Gasteiger partial charge is 0.481 e. The van der Waals surface area contributed by atoms with E-state index in [0.717, 1.165) is 43.9 Å². The van der Waals surface area contributed by atoms with Crippen LogP contribution in [-0.2, 0) is 11.3 Å². The van der Waals surface area contributed by atoms with Gasteiger partial charge < -0.3 is 20.3 Å². The number of methoxy groups -OCH3 is 1. The highest BCUT2D eigenvalue weighted by molar-refractivity contribution is 5.81. The molecule has 1 amide bonds. The van der Waals surface area contributed by atoms with Crippen LogP contribution in [0.15, 0.2) is 23.3 Å². The second-order valence-electron chi connectivity index (χ2n) is 7.35. The number of nitrogens with one attached hydrogen (secondary N) is 2. The summed E-state index contributed by atoms with van der Waals surface area (Å²) >= 11 is 0. The number of guanidine groups is 1. The zero-order valence-corrected chi connectivity index (χ0v) is 16.4. The van der Waals surface area contributed by atoms with Crippen LogP contribution < -0.4 is 15.4 Å². The van der Waals surface area contributed by atoms with E-state index >= 15 is 0 Å². The van der Waals surface area contributed by atoms with E-state index in [4.69, 9.17) is 4.74 Å². The maximum absolute atomic E-state index is 12.7. The van der Waals surface area contributed by atoms with Crippen LogP contribution in [-0.4, -0.2) is 55.0 Å². The van der Waals surface area contributed by atoms with Crippen LogP contribution >= 0.6 is 0 Å². The lowest BCUT2D eigenvalue weighted by Crippen LogP contribution is -2.45. The number of aromatic nitrogens is 1. The Balaban J connectivity index is 1.48. The van der Waals surface area contributed by atoms with Gasteiger partial charge in [-0.1, -0.05) is 25.3 Å². The molecule has 2 aliphatic rings. The van der Waals surface area contributed by atoms with E-state index in [9.17, 15) is 4.79 Å². The molecule has 148 valence electrons. The minimum atomic E-state index is 0.236. The molecule has 7 heteroatoms. The number of aliphatic imine (C=N–C) groups is 1. The van der Waals surface area contributed by atoms with Gasteiger partial charge in [-0.15, -0.1) is 0 Å². The molecule has 2 fully saturated rings. The number of amides is 1. The first-order chi connectivity index (χ1) is 13.2. The zero-order valence-electron chi connectivity index (χ0n) is 16.4. The molecule has 0 aromatic carbocycles. The monoisotopic (exact) mass is 373 g/mol. The first-order valence-electron chi connectivity index (χ1n) is 9.95. The standard InChI is InChI=1S/C20H31N5O2/c1-21-20(23-13-16-9-6-11-22-18(16)27-2)24-17-10-12-25(14-17)19(26)15-7-4-3-5-8-15/h6,9,11,15,17H,3-5,7-8,10,12-14H2,1-2H3,(H2,21,23,24). The van der Waals surface area contributed by atoms with Gasteiger partial charge in [0.15, 0.2) is 5.96 Å².